The first-order chi connectivity index (χ1) is 16.1. The molecule has 0 atom stereocenters. The fraction of sp³-hybridized carbons (Fsp3) is 0.0435. The molecule has 0 unspecified atom stereocenters. The number of benzene rings is 2. The van der Waals surface area contributed by atoms with Crippen LogP contribution in [0.1, 0.15) is 16.1 Å². The van der Waals surface area contributed by atoms with Crippen LogP contribution in [0.25, 0.3) is 23.2 Å². The summed E-state index contributed by atoms with van der Waals surface area (Å²) in [5.74, 6) is -1.64. The summed E-state index contributed by atoms with van der Waals surface area (Å²) >= 11 is 0. The average molecular weight is 443 g/mol. The van der Waals surface area contributed by atoms with Crippen molar-refractivity contribution in [3.05, 3.63) is 90.4 Å². The molecule has 0 aliphatic carbocycles. The van der Waals surface area contributed by atoms with E-state index in [2.05, 4.69) is 20.8 Å². The summed E-state index contributed by atoms with van der Waals surface area (Å²) in [6.07, 6.45) is 2.83. The second-order valence-electron chi connectivity index (χ2n) is 6.64. The van der Waals surface area contributed by atoms with Crippen LogP contribution in [0.5, 0.6) is 0 Å². The largest absolute Gasteiger partial charge is 0.465 e. The van der Waals surface area contributed by atoms with Crippen LogP contribution in [-0.2, 0) is 14.3 Å². The van der Waals surface area contributed by atoms with Gasteiger partial charge in [-0.1, -0.05) is 48.5 Å². The molecule has 33 heavy (non-hydrogen) atoms. The standard InChI is InChI=1S/C23H17N5O5/c29-20(24-22(30)17-10-5-2-6-11-17)15-33-23(31)19(14-18-12-7-13-32-18)28-21(25-26-27-28)16-8-3-1-4-9-16/h1-14H,15H2,(H,24,29,30)/b19-14-. The van der Waals surface area contributed by atoms with Gasteiger partial charge in [-0.3, -0.25) is 14.9 Å². The highest BCUT2D eigenvalue weighted by Gasteiger charge is 2.22. The highest BCUT2D eigenvalue weighted by molar-refractivity contribution is 6.16. The van der Waals surface area contributed by atoms with Gasteiger partial charge in [-0.2, -0.15) is 4.68 Å². The van der Waals surface area contributed by atoms with Gasteiger partial charge in [0.2, 0.25) is 0 Å². The van der Waals surface area contributed by atoms with E-state index in [1.54, 1.807) is 66.7 Å². The normalized spacial score (nSPS) is 11.1. The lowest BCUT2D eigenvalue weighted by Crippen LogP contribution is -2.34. The Kier molecular flexibility index (Phi) is 6.45. The molecule has 4 rings (SSSR count). The van der Waals surface area contributed by atoms with Crippen LogP contribution < -0.4 is 5.32 Å². The van der Waals surface area contributed by atoms with Gasteiger partial charge in [-0.25, -0.2) is 4.79 Å². The average Bonchev–Trinajstić information content (AvgIpc) is 3.54. The minimum atomic E-state index is -0.891. The molecule has 0 saturated carbocycles. The molecule has 1 N–H and O–H groups in total. The molecule has 10 heteroatoms. The van der Waals surface area contributed by atoms with E-state index >= 15 is 0 Å². The van der Waals surface area contributed by atoms with Crippen LogP contribution in [-0.4, -0.2) is 44.6 Å². The third-order valence-corrected chi connectivity index (χ3v) is 4.38. The lowest BCUT2D eigenvalue weighted by molar-refractivity contribution is -0.143. The SMILES string of the molecule is O=C(COC(=O)/C(=C/c1ccco1)n1nnnc1-c1ccccc1)NC(=O)c1ccccc1. The Morgan fingerprint density at radius 1 is 0.970 bits per heavy atom. The number of rotatable bonds is 7. The summed E-state index contributed by atoms with van der Waals surface area (Å²) in [6, 6.07) is 20.5. The van der Waals surface area contributed by atoms with Crippen LogP contribution in [0.2, 0.25) is 0 Å². The molecular formula is C23H17N5O5. The Bertz CT molecular complexity index is 1280. The number of carbonyl (C=O) groups excluding carboxylic acids is 3. The highest BCUT2D eigenvalue weighted by Crippen LogP contribution is 2.21. The monoisotopic (exact) mass is 443 g/mol. The van der Waals surface area contributed by atoms with Crippen molar-refractivity contribution in [1.82, 2.24) is 25.5 Å². The van der Waals surface area contributed by atoms with Crippen molar-refractivity contribution in [1.29, 1.82) is 0 Å². The number of tetrazole rings is 1. The van der Waals surface area contributed by atoms with Gasteiger partial charge in [0.05, 0.1) is 6.26 Å². The molecule has 0 fully saturated rings. The Labute approximate surface area is 187 Å². The first-order valence-corrected chi connectivity index (χ1v) is 9.77. The predicted octanol–water partition coefficient (Wildman–Crippen LogP) is 2.43. The highest BCUT2D eigenvalue weighted by atomic mass is 16.5. The number of nitrogens with one attached hydrogen (secondary N) is 1. The minimum Gasteiger partial charge on any atom is -0.465 e. The van der Waals surface area contributed by atoms with Crippen LogP contribution in [0.3, 0.4) is 0 Å². The number of carbonyl (C=O) groups is 3. The van der Waals surface area contributed by atoms with Gasteiger partial charge in [0.1, 0.15) is 5.76 Å². The maximum atomic E-state index is 12.9. The van der Waals surface area contributed by atoms with E-state index in [4.69, 9.17) is 9.15 Å². The van der Waals surface area contributed by atoms with E-state index in [-0.39, 0.29) is 11.5 Å². The summed E-state index contributed by atoms with van der Waals surface area (Å²) in [4.78, 5) is 37.2. The number of esters is 1. The van der Waals surface area contributed by atoms with Gasteiger partial charge in [-0.05, 0) is 34.7 Å². The molecule has 0 aliphatic rings. The third-order valence-electron chi connectivity index (χ3n) is 4.38. The molecule has 2 amide bonds. The zero-order valence-electron chi connectivity index (χ0n) is 17.1. The van der Waals surface area contributed by atoms with E-state index in [1.807, 2.05) is 6.07 Å². The summed E-state index contributed by atoms with van der Waals surface area (Å²) in [5.41, 5.74) is 0.875. The Morgan fingerprint density at radius 2 is 1.70 bits per heavy atom. The lowest BCUT2D eigenvalue weighted by Gasteiger charge is -2.10. The number of imide groups is 1. The summed E-state index contributed by atoms with van der Waals surface area (Å²) < 4.78 is 11.6. The van der Waals surface area contributed by atoms with Gasteiger partial charge < -0.3 is 9.15 Å². The fourth-order valence-corrected chi connectivity index (χ4v) is 2.86. The molecule has 0 aliphatic heterocycles. The molecule has 0 saturated heterocycles. The second kappa shape index (κ2) is 9.96. The number of hydrogen-bond acceptors (Lipinski definition) is 8. The Balaban J connectivity index is 1.52. The maximum absolute atomic E-state index is 12.9. The minimum absolute atomic E-state index is 0.0870. The third kappa shape index (κ3) is 5.25. The van der Waals surface area contributed by atoms with Crippen molar-refractivity contribution in [3.8, 4) is 11.4 Å². The molecular weight excluding hydrogens is 426 g/mol. The van der Waals surface area contributed by atoms with Crippen molar-refractivity contribution in [3.63, 3.8) is 0 Å². The number of hydrogen-bond donors (Lipinski definition) is 1. The lowest BCUT2D eigenvalue weighted by atomic mass is 10.2. The van der Waals surface area contributed by atoms with E-state index in [0.717, 1.165) is 0 Å². The van der Waals surface area contributed by atoms with Crippen LogP contribution in [0.4, 0.5) is 0 Å². The van der Waals surface area contributed by atoms with Gasteiger partial charge in [0, 0.05) is 17.2 Å². The van der Waals surface area contributed by atoms with Gasteiger partial charge >= 0.3 is 5.97 Å². The van der Waals surface area contributed by atoms with Crippen molar-refractivity contribution in [2.45, 2.75) is 0 Å². The van der Waals surface area contributed by atoms with Crippen LogP contribution in [0.15, 0.2) is 83.5 Å². The zero-order chi connectivity index (χ0) is 23.0. The van der Waals surface area contributed by atoms with Gasteiger partial charge in [-0.15, -0.1) is 5.10 Å². The van der Waals surface area contributed by atoms with Crippen molar-refractivity contribution in [2.75, 3.05) is 6.61 Å². The Hall–Kier alpha value is -4.86. The van der Waals surface area contributed by atoms with Crippen LogP contribution >= 0.6 is 0 Å². The molecule has 2 aromatic carbocycles. The smallest absolute Gasteiger partial charge is 0.357 e. The van der Waals surface area contributed by atoms with Gasteiger partial charge in [0.15, 0.2) is 18.1 Å². The van der Waals surface area contributed by atoms with Crippen molar-refractivity contribution in [2.24, 2.45) is 0 Å². The van der Waals surface area contributed by atoms with E-state index < -0.39 is 24.4 Å². The summed E-state index contributed by atoms with van der Waals surface area (Å²) in [6.45, 7) is -0.685. The summed E-state index contributed by atoms with van der Waals surface area (Å²) in [7, 11) is 0. The quantitative estimate of drug-likeness (QED) is 0.341. The molecule has 0 spiro atoms. The van der Waals surface area contributed by atoms with E-state index in [0.29, 0.717) is 16.9 Å². The number of aromatic nitrogens is 4. The Morgan fingerprint density at radius 3 is 2.39 bits per heavy atom. The number of furan rings is 1. The first kappa shape index (κ1) is 21.4. The predicted molar refractivity (Wildman–Crippen MR) is 116 cm³/mol. The molecule has 2 heterocycles. The zero-order valence-corrected chi connectivity index (χ0v) is 17.1. The number of amides is 2. The van der Waals surface area contributed by atoms with Gasteiger partial charge in [0.25, 0.3) is 11.8 Å². The molecule has 4 aromatic rings. The number of ether oxygens (including phenoxy) is 1. The molecule has 2 aromatic heterocycles. The van der Waals surface area contributed by atoms with Crippen molar-refractivity contribution < 1.29 is 23.5 Å². The fourth-order valence-electron chi connectivity index (χ4n) is 2.86. The topological polar surface area (TPSA) is 129 Å². The maximum Gasteiger partial charge on any atom is 0.357 e. The molecule has 10 nitrogen and oxygen atoms in total. The second-order valence-corrected chi connectivity index (χ2v) is 6.64. The molecule has 164 valence electrons. The summed E-state index contributed by atoms with van der Waals surface area (Å²) in [5, 5.41) is 13.7. The number of nitrogens with zero attached hydrogens (tertiary/aromatic N) is 4. The van der Waals surface area contributed by atoms with Crippen LogP contribution in [0, 0.1) is 0 Å². The van der Waals surface area contributed by atoms with E-state index in [1.165, 1.54) is 17.0 Å². The first-order valence-electron chi connectivity index (χ1n) is 9.77. The molecule has 0 radical (unpaired) electrons. The van der Waals surface area contributed by atoms with Crippen molar-refractivity contribution >= 4 is 29.6 Å². The van der Waals surface area contributed by atoms with E-state index in [9.17, 15) is 14.4 Å². The molecule has 0 bridgehead atoms.